The summed E-state index contributed by atoms with van der Waals surface area (Å²) in [5.74, 6) is -0.618. The van der Waals surface area contributed by atoms with Gasteiger partial charge in [0.15, 0.2) is 0 Å². The highest BCUT2D eigenvalue weighted by atomic mass is 16.2. The molecule has 0 radical (unpaired) electrons. The van der Waals surface area contributed by atoms with Gasteiger partial charge in [0, 0.05) is 25.3 Å². The van der Waals surface area contributed by atoms with Crippen LogP contribution < -0.4 is 5.32 Å². The SMILES string of the molecule is CC(C)N1C(=O)c2ccc(NC(=O)N(C)Cc3ccccc3)cc2C1=O. The Bertz CT molecular complexity index is 862. The lowest BCUT2D eigenvalue weighted by Gasteiger charge is -2.18. The third-order valence-electron chi connectivity index (χ3n) is 4.29. The lowest BCUT2D eigenvalue weighted by molar-refractivity contribution is 0.0609. The van der Waals surface area contributed by atoms with Crippen LogP contribution in [0, 0.1) is 0 Å². The van der Waals surface area contributed by atoms with Crippen LogP contribution >= 0.6 is 0 Å². The number of benzene rings is 2. The molecule has 0 aliphatic carbocycles. The van der Waals surface area contributed by atoms with Gasteiger partial charge >= 0.3 is 6.03 Å². The molecule has 3 rings (SSSR count). The number of rotatable bonds is 4. The molecular formula is C20H21N3O3. The molecule has 1 aliphatic heterocycles. The van der Waals surface area contributed by atoms with Gasteiger partial charge < -0.3 is 10.2 Å². The Morgan fingerprint density at radius 3 is 2.35 bits per heavy atom. The van der Waals surface area contributed by atoms with Crippen molar-refractivity contribution >= 4 is 23.5 Å². The molecule has 1 heterocycles. The molecule has 0 unspecified atom stereocenters. The lowest BCUT2D eigenvalue weighted by atomic mass is 10.1. The number of carbonyl (C=O) groups is 3. The van der Waals surface area contributed by atoms with Gasteiger partial charge in [-0.2, -0.15) is 0 Å². The first-order valence-corrected chi connectivity index (χ1v) is 8.46. The lowest BCUT2D eigenvalue weighted by Crippen LogP contribution is -2.35. The van der Waals surface area contributed by atoms with E-state index in [1.165, 1.54) is 4.90 Å². The van der Waals surface area contributed by atoms with Crippen LogP contribution in [0.4, 0.5) is 10.5 Å². The highest BCUT2D eigenvalue weighted by molar-refractivity contribution is 6.22. The van der Waals surface area contributed by atoms with Crippen LogP contribution in [0.25, 0.3) is 0 Å². The molecule has 0 saturated heterocycles. The average Bonchev–Trinajstić information content (AvgIpc) is 2.86. The van der Waals surface area contributed by atoms with Crippen LogP contribution in [-0.4, -0.2) is 40.7 Å². The van der Waals surface area contributed by atoms with Crippen LogP contribution in [0.3, 0.4) is 0 Å². The number of anilines is 1. The minimum Gasteiger partial charge on any atom is -0.323 e. The number of fused-ring (bicyclic) bond motifs is 1. The molecule has 0 saturated carbocycles. The molecule has 6 heteroatoms. The third-order valence-corrected chi connectivity index (χ3v) is 4.29. The summed E-state index contributed by atoms with van der Waals surface area (Å²) in [5.41, 5.74) is 2.21. The van der Waals surface area contributed by atoms with E-state index in [-0.39, 0.29) is 23.9 Å². The van der Waals surface area contributed by atoms with Crippen molar-refractivity contribution in [2.75, 3.05) is 12.4 Å². The van der Waals surface area contributed by atoms with Gasteiger partial charge in [-0.15, -0.1) is 0 Å². The van der Waals surface area contributed by atoms with E-state index in [9.17, 15) is 14.4 Å². The van der Waals surface area contributed by atoms with E-state index in [0.29, 0.717) is 23.4 Å². The van der Waals surface area contributed by atoms with Crippen molar-refractivity contribution in [2.24, 2.45) is 0 Å². The number of hydrogen-bond donors (Lipinski definition) is 1. The van der Waals surface area contributed by atoms with E-state index in [4.69, 9.17) is 0 Å². The molecular weight excluding hydrogens is 330 g/mol. The Morgan fingerprint density at radius 1 is 1.04 bits per heavy atom. The van der Waals surface area contributed by atoms with E-state index >= 15 is 0 Å². The van der Waals surface area contributed by atoms with Crippen LogP contribution in [0.15, 0.2) is 48.5 Å². The Hall–Kier alpha value is -3.15. The highest BCUT2D eigenvalue weighted by Gasteiger charge is 2.37. The normalized spacial score (nSPS) is 13.2. The fourth-order valence-corrected chi connectivity index (χ4v) is 2.95. The summed E-state index contributed by atoms with van der Waals surface area (Å²) in [6, 6.07) is 14.0. The average molecular weight is 351 g/mol. The van der Waals surface area contributed by atoms with Crippen molar-refractivity contribution in [1.29, 1.82) is 0 Å². The Morgan fingerprint density at radius 2 is 1.69 bits per heavy atom. The molecule has 0 bridgehead atoms. The maximum Gasteiger partial charge on any atom is 0.321 e. The van der Waals surface area contributed by atoms with Crippen LogP contribution in [-0.2, 0) is 6.54 Å². The first-order chi connectivity index (χ1) is 12.4. The van der Waals surface area contributed by atoms with Gasteiger partial charge in [-0.25, -0.2) is 4.79 Å². The molecule has 0 fully saturated rings. The van der Waals surface area contributed by atoms with Gasteiger partial charge in [0.05, 0.1) is 11.1 Å². The quantitative estimate of drug-likeness (QED) is 0.859. The van der Waals surface area contributed by atoms with Gasteiger partial charge in [-0.1, -0.05) is 30.3 Å². The number of hydrogen-bond acceptors (Lipinski definition) is 3. The zero-order valence-corrected chi connectivity index (χ0v) is 15.0. The largest absolute Gasteiger partial charge is 0.323 e. The summed E-state index contributed by atoms with van der Waals surface area (Å²) >= 11 is 0. The molecule has 134 valence electrons. The topological polar surface area (TPSA) is 69.7 Å². The molecule has 0 atom stereocenters. The predicted molar refractivity (Wildman–Crippen MR) is 99.0 cm³/mol. The number of urea groups is 1. The van der Waals surface area contributed by atoms with Crippen molar-refractivity contribution < 1.29 is 14.4 Å². The summed E-state index contributed by atoms with van der Waals surface area (Å²) in [6.45, 7) is 4.06. The van der Waals surface area contributed by atoms with Crippen molar-refractivity contribution in [1.82, 2.24) is 9.80 Å². The minimum absolute atomic E-state index is 0.211. The van der Waals surface area contributed by atoms with Crippen molar-refractivity contribution in [3.8, 4) is 0 Å². The number of carbonyl (C=O) groups excluding carboxylic acids is 3. The summed E-state index contributed by atoms with van der Waals surface area (Å²) in [6.07, 6.45) is 0. The van der Waals surface area contributed by atoms with Crippen molar-refractivity contribution in [3.05, 3.63) is 65.2 Å². The monoisotopic (exact) mass is 351 g/mol. The van der Waals surface area contributed by atoms with E-state index in [1.807, 2.05) is 30.3 Å². The standard InChI is InChI=1S/C20H21N3O3/c1-13(2)23-18(24)16-10-9-15(11-17(16)19(23)25)21-20(26)22(3)12-14-7-5-4-6-8-14/h4-11,13H,12H2,1-3H3,(H,21,26). The zero-order chi connectivity index (χ0) is 18.8. The fourth-order valence-electron chi connectivity index (χ4n) is 2.95. The van der Waals surface area contributed by atoms with Crippen molar-refractivity contribution in [3.63, 3.8) is 0 Å². The highest BCUT2D eigenvalue weighted by Crippen LogP contribution is 2.27. The summed E-state index contributed by atoms with van der Waals surface area (Å²) < 4.78 is 0. The smallest absolute Gasteiger partial charge is 0.321 e. The van der Waals surface area contributed by atoms with Gasteiger partial charge in [0.25, 0.3) is 11.8 Å². The number of imide groups is 1. The number of nitrogens with zero attached hydrogens (tertiary/aromatic N) is 2. The molecule has 0 aromatic heterocycles. The third kappa shape index (κ3) is 3.31. The van der Waals surface area contributed by atoms with Gasteiger partial charge in [-0.05, 0) is 37.6 Å². The maximum absolute atomic E-state index is 12.4. The first kappa shape index (κ1) is 17.7. The van der Waals surface area contributed by atoms with Crippen LogP contribution in [0.1, 0.15) is 40.1 Å². The molecule has 1 N–H and O–H groups in total. The van der Waals surface area contributed by atoms with Gasteiger partial charge in [0.1, 0.15) is 0 Å². The van der Waals surface area contributed by atoms with E-state index in [2.05, 4.69) is 5.32 Å². The summed E-state index contributed by atoms with van der Waals surface area (Å²) in [5, 5.41) is 2.78. The van der Waals surface area contributed by atoms with E-state index < -0.39 is 0 Å². The zero-order valence-electron chi connectivity index (χ0n) is 15.0. The van der Waals surface area contributed by atoms with Crippen LogP contribution in [0.2, 0.25) is 0 Å². The summed E-state index contributed by atoms with van der Waals surface area (Å²) in [7, 11) is 1.70. The fraction of sp³-hybridized carbons (Fsp3) is 0.250. The molecule has 4 amide bonds. The van der Waals surface area contributed by atoms with Gasteiger partial charge in [-0.3, -0.25) is 14.5 Å². The number of amides is 4. The Balaban J connectivity index is 1.73. The molecule has 6 nitrogen and oxygen atoms in total. The Kier molecular flexibility index (Phi) is 4.75. The van der Waals surface area contributed by atoms with E-state index in [0.717, 1.165) is 5.56 Å². The van der Waals surface area contributed by atoms with E-state index in [1.54, 1.807) is 44.0 Å². The molecule has 26 heavy (non-hydrogen) atoms. The maximum atomic E-state index is 12.4. The Labute approximate surface area is 152 Å². The van der Waals surface area contributed by atoms with Crippen molar-refractivity contribution in [2.45, 2.75) is 26.4 Å². The molecule has 0 spiro atoms. The molecule has 1 aliphatic rings. The summed E-state index contributed by atoms with van der Waals surface area (Å²) in [4.78, 5) is 39.9. The molecule has 2 aromatic rings. The second-order valence-corrected chi connectivity index (χ2v) is 6.61. The second-order valence-electron chi connectivity index (χ2n) is 6.61. The predicted octanol–water partition coefficient (Wildman–Crippen LogP) is 3.35. The second kappa shape index (κ2) is 7.00. The molecule has 2 aromatic carbocycles. The first-order valence-electron chi connectivity index (χ1n) is 8.46. The number of nitrogens with one attached hydrogen (secondary N) is 1. The van der Waals surface area contributed by atoms with Gasteiger partial charge in [0.2, 0.25) is 0 Å². The van der Waals surface area contributed by atoms with Crippen LogP contribution in [0.5, 0.6) is 0 Å². The minimum atomic E-state index is -0.325.